The van der Waals surface area contributed by atoms with Crippen molar-refractivity contribution in [3.05, 3.63) is 65.0 Å². The lowest BCUT2D eigenvalue weighted by atomic mass is 10.1. The number of nitrogens with two attached hydrogens (primary N) is 1. The van der Waals surface area contributed by atoms with Gasteiger partial charge in [0, 0.05) is 12.1 Å². The van der Waals surface area contributed by atoms with E-state index in [1.165, 1.54) is 0 Å². The topological polar surface area (TPSA) is 92.4 Å². The number of carbonyl (C=O) groups excluding carboxylic acids is 1. The highest BCUT2D eigenvalue weighted by molar-refractivity contribution is 6.04. The van der Waals surface area contributed by atoms with Crippen LogP contribution in [0.1, 0.15) is 26.3 Å². The summed E-state index contributed by atoms with van der Waals surface area (Å²) in [6.45, 7) is 0.358. The molecule has 2 aromatic carbocycles. The summed E-state index contributed by atoms with van der Waals surface area (Å²) in [5.41, 5.74) is 6.37. The second-order valence-electron chi connectivity index (χ2n) is 4.35. The van der Waals surface area contributed by atoms with Crippen molar-refractivity contribution in [2.24, 2.45) is 5.73 Å². The maximum Gasteiger partial charge on any atom is 0.335 e. The van der Waals surface area contributed by atoms with Gasteiger partial charge in [0.1, 0.15) is 5.82 Å². The molecule has 0 bridgehead atoms. The summed E-state index contributed by atoms with van der Waals surface area (Å²) in [4.78, 5) is 22.8. The fourth-order valence-electron chi connectivity index (χ4n) is 1.74. The summed E-state index contributed by atoms with van der Waals surface area (Å²) >= 11 is 0. The molecule has 2 rings (SSSR count). The van der Waals surface area contributed by atoms with Crippen molar-refractivity contribution < 1.29 is 19.1 Å². The Labute approximate surface area is 120 Å². The van der Waals surface area contributed by atoms with Crippen molar-refractivity contribution >= 4 is 17.6 Å². The first-order chi connectivity index (χ1) is 10.0. The molecule has 0 aliphatic rings. The number of hydrogen-bond donors (Lipinski definition) is 3. The first-order valence-electron chi connectivity index (χ1n) is 6.14. The summed E-state index contributed by atoms with van der Waals surface area (Å²) in [7, 11) is 0. The number of amides is 1. The van der Waals surface area contributed by atoms with E-state index in [-0.39, 0.29) is 11.3 Å². The van der Waals surface area contributed by atoms with Crippen molar-refractivity contribution in [3.63, 3.8) is 0 Å². The Balaban J connectivity index is 2.22. The number of benzene rings is 2. The van der Waals surface area contributed by atoms with Gasteiger partial charge < -0.3 is 16.2 Å². The molecular weight excluding hydrogens is 275 g/mol. The van der Waals surface area contributed by atoms with Gasteiger partial charge in [0.25, 0.3) is 5.91 Å². The lowest BCUT2D eigenvalue weighted by Crippen LogP contribution is -2.14. The molecule has 0 saturated heterocycles. The van der Waals surface area contributed by atoms with Crippen LogP contribution in [-0.2, 0) is 6.54 Å². The Morgan fingerprint density at radius 2 is 1.71 bits per heavy atom. The van der Waals surface area contributed by atoms with Crippen LogP contribution in [0.15, 0.2) is 42.5 Å². The van der Waals surface area contributed by atoms with Gasteiger partial charge in [-0.1, -0.05) is 12.1 Å². The molecule has 2 aromatic rings. The van der Waals surface area contributed by atoms with Gasteiger partial charge in [-0.3, -0.25) is 4.79 Å². The van der Waals surface area contributed by atoms with Gasteiger partial charge in [0.05, 0.1) is 11.3 Å². The summed E-state index contributed by atoms with van der Waals surface area (Å²) < 4.78 is 13.6. The van der Waals surface area contributed by atoms with Gasteiger partial charge in [0.15, 0.2) is 0 Å². The van der Waals surface area contributed by atoms with E-state index in [4.69, 9.17) is 10.8 Å². The molecule has 21 heavy (non-hydrogen) atoms. The molecule has 6 heteroatoms. The first kappa shape index (κ1) is 14.7. The van der Waals surface area contributed by atoms with Crippen molar-refractivity contribution in [1.29, 1.82) is 0 Å². The Hall–Kier alpha value is -2.73. The summed E-state index contributed by atoms with van der Waals surface area (Å²) in [6, 6.07) is 9.72. The van der Waals surface area contributed by atoms with Crippen molar-refractivity contribution in [2.45, 2.75) is 6.54 Å². The number of carbonyl (C=O) groups is 2. The molecule has 4 N–H and O–H groups in total. The minimum Gasteiger partial charge on any atom is -0.478 e. The second kappa shape index (κ2) is 6.15. The fourth-order valence-corrected chi connectivity index (χ4v) is 1.74. The van der Waals surface area contributed by atoms with Crippen LogP contribution in [0.3, 0.4) is 0 Å². The Kier molecular flexibility index (Phi) is 4.30. The minimum absolute atomic E-state index is 0.106. The number of halogens is 1. The second-order valence-corrected chi connectivity index (χ2v) is 4.35. The van der Waals surface area contributed by atoms with E-state index in [0.29, 0.717) is 12.1 Å². The lowest BCUT2D eigenvalue weighted by Gasteiger charge is -2.08. The van der Waals surface area contributed by atoms with E-state index in [1.54, 1.807) is 24.3 Å². The smallest absolute Gasteiger partial charge is 0.335 e. The Bertz CT molecular complexity index is 684. The third-order valence-corrected chi connectivity index (χ3v) is 2.91. The monoisotopic (exact) mass is 288 g/mol. The van der Waals surface area contributed by atoms with Crippen LogP contribution in [0.2, 0.25) is 0 Å². The number of nitrogens with one attached hydrogen (secondary N) is 1. The van der Waals surface area contributed by atoms with Crippen molar-refractivity contribution in [1.82, 2.24) is 0 Å². The Morgan fingerprint density at radius 3 is 2.29 bits per heavy atom. The molecule has 0 saturated carbocycles. The highest BCUT2D eigenvalue weighted by Crippen LogP contribution is 2.17. The zero-order chi connectivity index (χ0) is 15.4. The third-order valence-electron chi connectivity index (χ3n) is 2.91. The molecule has 0 aliphatic heterocycles. The van der Waals surface area contributed by atoms with E-state index < -0.39 is 17.7 Å². The first-order valence-corrected chi connectivity index (χ1v) is 6.14. The number of carboxylic acids is 1. The highest BCUT2D eigenvalue weighted by atomic mass is 19.1. The van der Waals surface area contributed by atoms with Crippen LogP contribution in [-0.4, -0.2) is 17.0 Å². The van der Waals surface area contributed by atoms with Crippen molar-refractivity contribution in [3.8, 4) is 0 Å². The van der Waals surface area contributed by atoms with Crippen LogP contribution in [0.25, 0.3) is 0 Å². The molecule has 5 nitrogen and oxygen atoms in total. The molecule has 0 heterocycles. The maximum atomic E-state index is 13.6. The molecule has 0 atom stereocenters. The molecule has 0 aliphatic carbocycles. The fraction of sp³-hybridized carbons (Fsp3) is 0.0667. The average Bonchev–Trinajstić information content (AvgIpc) is 2.49. The van der Waals surface area contributed by atoms with Gasteiger partial charge in [0.2, 0.25) is 0 Å². The number of anilines is 1. The largest absolute Gasteiger partial charge is 0.478 e. The van der Waals surface area contributed by atoms with Crippen LogP contribution >= 0.6 is 0 Å². The third kappa shape index (κ3) is 3.43. The van der Waals surface area contributed by atoms with Gasteiger partial charge in [-0.15, -0.1) is 0 Å². The quantitative estimate of drug-likeness (QED) is 0.804. The number of carboxylic acid groups (broad SMARTS) is 1. The molecule has 0 spiro atoms. The zero-order valence-corrected chi connectivity index (χ0v) is 11.0. The van der Waals surface area contributed by atoms with Gasteiger partial charge in [-0.25, -0.2) is 9.18 Å². The van der Waals surface area contributed by atoms with E-state index in [9.17, 15) is 14.0 Å². The lowest BCUT2D eigenvalue weighted by molar-refractivity contribution is 0.0696. The maximum absolute atomic E-state index is 13.6. The van der Waals surface area contributed by atoms with Crippen LogP contribution < -0.4 is 11.1 Å². The molecule has 0 radical (unpaired) electrons. The molecule has 0 aromatic heterocycles. The summed E-state index contributed by atoms with van der Waals surface area (Å²) in [6.07, 6.45) is 0. The average molecular weight is 288 g/mol. The van der Waals surface area contributed by atoms with E-state index in [2.05, 4.69) is 5.32 Å². The number of aromatic carboxylic acids is 1. The number of hydrogen-bond acceptors (Lipinski definition) is 3. The van der Waals surface area contributed by atoms with E-state index in [0.717, 1.165) is 23.8 Å². The molecule has 0 unspecified atom stereocenters. The standard InChI is InChI=1S/C15H13FN2O3/c16-12-6-5-11(15(20)21)7-13(12)18-14(19)10-3-1-9(8-17)2-4-10/h1-7H,8,17H2,(H,18,19)(H,20,21). The molecule has 1 amide bonds. The predicted molar refractivity (Wildman–Crippen MR) is 75.6 cm³/mol. The molecule has 0 fully saturated rings. The summed E-state index contributed by atoms with van der Waals surface area (Å²) in [5, 5.41) is 11.2. The van der Waals surface area contributed by atoms with Gasteiger partial charge in [-0.05, 0) is 35.9 Å². The van der Waals surface area contributed by atoms with Crippen molar-refractivity contribution in [2.75, 3.05) is 5.32 Å². The molecular formula is C15H13FN2O3. The SMILES string of the molecule is NCc1ccc(C(=O)Nc2cc(C(=O)O)ccc2F)cc1. The minimum atomic E-state index is -1.20. The zero-order valence-electron chi connectivity index (χ0n) is 11.0. The van der Waals surface area contributed by atoms with E-state index in [1.807, 2.05) is 0 Å². The van der Waals surface area contributed by atoms with Gasteiger partial charge >= 0.3 is 5.97 Å². The van der Waals surface area contributed by atoms with Gasteiger partial charge in [-0.2, -0.15) is 0 Å². The summed E-state index contributed by atoms with van der Waals surface area (Å²) in [5.74, 6) is -2.43. The highest BCUT2D eigenvalue weighted by Gasteiger charge is 2.12. The normalized spacial score (nSPS) is 10.2. The van der Waals surface area contributed by atoms with Crippen LogP contribution in [0.5, 0.6) is 0 Å². The molecule has 108 valence electrons. The van der Waals surface area contributed by atoms with Crippen LogP contribution in [0, 0.1) is 5.82 Å². The van der Waals surface area contributed by atoms with E-state index >= 15 is 0 Å². The number of rotatable bonds is 4. The van der Waals surface area contributed by atoms with Crippen LogP contribution in [0.4, 0.5) is 10.1 Å². The Morgan fingerprint density at radius 1 is 1.10 bits per heavy atom. The predicted octanol–water partition coefficient (Wildman–Crippen LogP) is 2.23.